The minimum atomic E-state index is -0.571. The number of anilines is 2. The van der Waals surface area contributed by atoms with Gasteiger partial charge in [-0.25, -0.2) is 15.0 Å². The number of aryl methyl sites for hydroxylation is 4. The second-order valence-corrected chi connectivity index (χ2v) is 14.2. The van der Waals surface area contributed by atoms with Crippen molar-refractivity contribution in [3.63, 3.8) is 0 Å². The summed E-state index contributed by atoms with van der Waals surface area (Å²) >= 11 is 1.46. The minimum absolute atomic E-state index is 0.280. The number of thiazole rings is 1. The summed E-state index contributed by atoms with van der Waals surface area (Å²) in [4.78, 5) is 61.8. The highest BCUT2D eigenvalue weighted by Gasteiger charge is 2.21. The molecule has 7 N–H and O–H groups in total. The van der Waals surface area contributed by atoms with Crippen molar-refractivity contribution in [2.75, 3.05) is 52.0 Å². The number of carbonyl (C=O) groups excluding carboxylic acids is 4. The lowest BCUT2D eigenvalue weighted by Gasteiger charge is -2.13. The Morgan fingerprint density at radius 3 is 2.13 bits per heavy atom. The van der Waals surface area contributed by atoms with Gasteiger partial charge in [-0.15, -0.1) is 11.3 Å². The Hall–Kier alpha value is -6.44. The van der Waals surface area contributed by atoms with E-state index in [-0.39, 0.29) is 11.9 Å². The quantitative estimate of drug-likeness (QED) is 0.0446. The van der Waals surface area contributed by atoms with Crippen LogP contribution in [-0.4, -0.2) is 99.7 Å². The van der Waals surface area contributed by atoms with Gasteiger partial charge in [0, 0.05) is 37.8 Å². The number of nitrogens with one attached hydrogen (secondary N) is 3. The van der Waals surface area contributed by atoms with Crippen LogP contribution < -0.4 is 36.9 Å². The number of aromatic nitrogens is 7. The Bertz CT molecular complexity index is 2460. The Kier molecular flexibility index (Phi) is 17.0. The number of benzene rings is 2. The first-order valence-electron chi connectivity index (χ1n) is 19.3. The van der Waals surface area contributed by atoms with Gasteiger partial charge in [-0.2, -0.15) is 5.10 Å². The van der Waals surface area contributed by atoms with Crippen LogP contribution in [-0.2, 0) is 26.1 Å². The molecule has 4 heterocycles. The van der Waals surface area contributed by atoms with Crippen LogP contribution in [0.25, 0.3) is 22.1 Å². The Morgan fingerprint density at radius 1 is 0.883 bits per heavy atom. The molecule has 0 aliphatic heterocycles. The van der Waals surface area contributed by atoms with Crippen LogP contribution >= 0.6 is 11.3 Å². The van der Waals surface area contributed by atoms with Crippen molar-refractivity contribution in [3.05, 3.63) is 80.6 Å². The summed E-state index contributed by atoms with van der Waals surface area (Å²) in [6.45, 7) is 10.1. The summed E-state index contributed by atoms with van der Waals surface area (Å²) in [6.07, 6.45) is 7.10. The van der Waals surface area contributed by atoms with Crippen LogP contribution in [0.2, 0.25) is 0 Å². The van der Waals surface area contributed by atoms with Gasteiger partial charge in [-0.05, 0) is 84.6 Å². The highest BCUT2D eigenvalue weighted by atomic mass is 32.1. The average molecular weight is 843 g/mol. The fraction of sp³-hybridized carbons (Fsp3) is 0.366. The number of methoxy groups -OCH3 is 1. The summed E-state index contributed by atoms with van der Waals surface area (Å²) in [6, 6.07) is 8.29. The molecule has 6 rings (SSSR count). The van der Waals surface area contributed by atoms with Gasteiger partial charge in [0.25, 0.3) is 5.91 Å². The molecule has 0 unspecified atom stereocenters. The van der Waals surface area contributed by atoms with Gasteiger partial charge >= 0.3 is 0 Å². The molecule has 0 radical (unpaired) electrons. The molecule has 0 atom stereocenters. The maximum atomic E-state index is 13.4. The van der Waals surface area contributed by atoms with Gasteiger partial charge < -0.3 is 40.7 Å². The topological polar surface area (TPSA) is 241 Å². The first-order chi connectivity index (χ1) is 29.0. The van der Waals surface area contributed by atoms with E-state index in [0.717, 1.165) is 53.2 Å². The third-order valence-electron chi connectivity index (χ3n) is 9.01. The molecule has 4 aromatic heterocycles. The summed E-state index contributed by atoms with van der Waals surface area (Å²) in [5, 5.41) is 14.5. The SMILES string of the molecule is CCc1nc(C)sc1C=O.CCn1nc(C)cc1C(=O)Nc1nc2cc(C=O)cc(OC)c2n1C/C=C/Cn1c(NC)nc2cc(C(N)=O)cc(OCCCNC)c21.CN. The van der Waals surface area contributed by atoms with Crippen LogP contribution in [0.15, 0.2) is 42.5 Å². The van der Waals surface area contributed by atoms with Crippen molar-refractivity contribution in [3.8, 4) is 11.5 Å². The average Bonchev–Trinajstić information content (AvgIpc) is 4.03. The van der Waals surface area contributed by atoms with E-state index in [9.17, 15) is 19.2 Å². The highest BCUT2D eigenvalue weighted by molar-refractivity contribution is 7.13. The summed E-state index contributed by atoms with van der Waals surface area (Å²) in [5.41, 5.74) is 15.2. The second kappa shape index (κ2) is 22.1. The van der Waals surface area contributed by atoms with Gasteiger partial charge in [0.05, 0.1) is 46.0 Å². The predicted octanol–water partition coefficient (Wildman–Crippen LogP) is 4.77. The predicted molar refractivity (Wildman–Crippen MR) is 235 cm³/mol. The first-order valence-corrected chi connectivity index (χ1v) is 20.1. The molecule has 60 heavy (non-hydrogen) atoms. The number of fused-ring (bicyclic) bond motifs is 2. The van der Waals surface area contributed by atoms with E-state index in [2.05, 4.69) is 41.7 Å². The van der Waals surface area contributed by atoms with E-state index in [0.29, 0.717) is 82.6 Å². The number of ether oxygens (including phenoxy) is 2. The lowest BCUT2D eigenvalue weighted by atomic mass is 10.1. The van der Waals surface area contributed by atoms with E-state index in [1.807, 2.05) is 56.0 Å². The number of amides is 2. The number of hydrogen-bond acceptors (Lipinski definition) is 14. The molecule has 320 valence electrons. The number of carbonyl (C=O) groups is 4. The molecule has 0 aliphatic rings. The molecule has 6 aromatic rings. The number of allylic oxidation sites excluding steroid dienone is 2. The van der Waals surface area contributed by atoms with Crippen molar-refractivity contribution in [1.82, 2.24) is 39.2 Å². The van der Waals surface area contributed by atoms with Gasteiger partial charge in [0.1, 0.15) is 34.5 Å². The second-order valence-electron chi connectivity index (χ2n) is 13.0. The number of nitrogens with zero attached hydrogens (tertiary/aromatic N) is 7. The number of aldehydes is 2. The molecule has 0 fully saturated rings. The maximum absolute atomic E-state index is 13.4. The van der Waals surface area contributed by atoms with Crippen molar-refractivity contribution >= 4 is 69.7 Å². The number of imidazole rings is 2. The Labute approximate surface area is 352 Å². The van der Waals surface area contributed by atoms with E-state index in [4.69, 9.17) is 15.2 Å². The van der Waals surface area contributed by atoms with Crippen molar-refractivity contribution in [2.45, 2.75) is 60.2 Å². The van der Waals surface area contributed by atoms with E-state index in [1.54, 1.807) is 42.1 Å². The van der Waals surface area contributed by atoms with Gasteiger partial charge in [-0.1, -0.05) is 19.1 Å². The van der Waals surface area contributed by atoms with Crippen molar-refractivity contribution in [2.24, 2.45) is 11.5 Å². The summed E-state index contributed by atoms with van der Waals surface area (Å²) < 4.78 is 17.2. The minimum Gasteiger partial charge on any atom is -0.494 e. The molecule has 0 saturated heterocycles. The van der Waals surface area contributed by atoms with Crippen LogP contribution in [0.4, 0.5) is 11.9 Å². The third-order valence-corrected chi connectivity index (χ3v) is 9.95. The highest BCUT2D eigenvalue weighted by Crippen LogP contribution is 2.32. The van der Waals surface area contributed by atoms with Crippen molar-refractivity contribution < 1.29 is 28.7 Å². The van der Waals surface area contributed by atoms with Crippen molar-refractivity contribution in [1.29, 1.82) is 0 Å². The molecule has 2 amide bonds. The fourth-order valence-corrected chi connectivity index (χ4v) is 7.19. The summed E-state index contributed by atoms with van der Waals surface area (Å²) in [5.74, 6) is 0.856. The van der Waals surface area contributed by atoms with Gasteiger partial charge in [0.15, 0.2) is 6.29 Å². The fourth-order valence-electron chi connectivity index (χ4n) is 6.36. The molecular weight excluding hydrogens is 789 g/mol. The molecule has 0 bridgehead atoms. The number of rotatable bonds is 18. The molecule has 0 saturated carbocycles. The molecular formula is C41H54N12O6S. The molecule has 0 spiro atoms. The largest absolute Gasteiger partial charge is 0.494 e. The lowest BCUT2D eigenvalue weighted by molar-refractivity contribution is 0.0995. The number of primary amides is 1. The normalized spacial score (nSPS) is 10.9. The van der Waals surface area contributed by atoms with Crippen LogP contribution in [0.1, 0.15) is 77.5 Å². The van der Waals surface area contributed by atoms with Gasteiger partial charge in [0.2, 0.25) is 17.8 Å². The van der Waals surface area contributed by atoms with E-state index >= 15 is 0 Å². The molecule has 18 nitrogen and oxygen atoms in total. The monoisotopic (exact) mass is 842 g/mol. The standard InChI is InChI=1S/C33H40N10O5.C7H9NOS.CH5N/c1-6-43-25(14-20(2)40-43)31(46)39-33-38-23-15-21(19-44)16-26(47-5)28(23)42(33)12-8-7-11-41-29-24(37-32(41)36-4)17-22(30(34)45)18-27(29)48-13-9-10-35-3;1-3-6-7(4-9)10-5(2)8-6;1-2/h7-8,14-19,35H,6,9-13H2,1-5H3,(H2,34,45)(H,36,37)(H,38,39,46);4H,3H2,1-2H3;2H2,1H3/b8-7+;;. The van der Waals surface area contributed by atoms with Crippen LogP contribution in [0.5, 0.6) is 11.5 Å². The molecule has 0 aliphatic carbocycles. The molecule has 2 aromatic carbocycles. The zero-order chi connectivity index (χ0) is 43.9. The lowest BCUT2D eigenvalue weighted by Crippen LogP contribution is -2.20. The summed E-state index contributed by atoms with van der Waals surface area (Å²) in [7, 11) is 6.66. The zero-order valence-electron chi connectivity index (χ0n) is 35.3. The molecule has 19 heteroatoms. The Morgan fingerprint density at radius 2 is 1.55 bits per heavy atom. The first kappa shape index (κ1) is 46.3. The zero-order valence-corrected chi connectivity index (χ0v) is 36.1. The number of hydrogen-bond donors (Lipinski definition) is 5. The third kappa shape index (κ3) is 10.8. The van der Waals surface area contributed by atoms with Crippen LogP contribution in [0, 0.1) is 13.8 Å². The van der Waals surface area contributed by atoms with Gasteiger partial charge in [-0.3, -0.25) is 29.2 Å². The Balaban J connectivity index is 0.000000573. The smallest absolute Gasteiger partial charge is 0.276 e. The maximum Gasteiger partial charge on any atom is 0.276 e. The van der Waals surface area contributed by atoms with E-state index < -0.39 is 5.91 Å². The number of nitrogens with two attached hydrogens (primary N) is 2. The van der Waals surface area contributed by atoms with E-state index in [1.165, 1.54) is 25.5 Å². The van der Waals surface area contributed by atoms with Crippen LogP contribution in [0.3, 0.4) is 0 Å².